The minimum atomic E-state index is -1.83. The number of ether oxygens (including phenoxy) is 1. The van der Waals surface area contributed by atoms with E-state index in [-0.39, 0.29) is 88.4 Å². The van der Waals surface area contributed by atoms with Gasteiger partial charge in [0.25, 0.3) is 12.2 Å². The molecule has 8 nitrogen and oxygen atoms in total. The Bertz CT molecular complexity index is 2180. The first-order valence-corrected chi connectivity index (χ1v) is 16.2. The van der Waals surface area contributed by atoms with Crippen LogP contribution in [0.25, 0.3) is 32.9 Å². The topological polar surface area (TPSA) is 86.6 Å². The van der Waals surface area contributed by atoms with Gasteiger partial charge in [-0.05, 0) is 62.2 Å². The molecule has 4 saturated heterocycles. The lowest BCUT2D eigenvalue weighted by Crippen LogP contribution is -2.59. The van der Waals surface area contributed by atoms with Crippen molar-refractivity contribution in [1.82, 2.24) is 25.2 Å². The minimum Gasteiger partial charge on any atom is -0.508 e. The predicted molar refractivity (Wildman–Crippen MR) is 174 cm³/mol. The van der Waals surface area contributed by atoms with E-state index in [9.17, 15) is 27.1 Å². The Balaban J connectivity index is 1.28. The first-order chi connectivity index (χ1) is 24.0. The van der Waals surface area contributed by atoms with Crippen molar-refractivity contribution in [2.75, 3.05) is 37.7 Å². The number of rotatable bonds is 6. The molecule has 50 heavy (non-hydrogen) atoms. The zero-order valence-corrected chi connectivity index (χ0v) is 26.5. The summed E-state index contributed by atoms with van der Waals surface area (Å²) in [7, 11) is 0. The molecule has 4 aliphatic rings. The van der Waals surface area contributed by atoms with Gasteiger partial charge in [0.05, 0.1) is 22.0 Å². The summed E-state index contributed by atoms with van der Waals surface area (Å²) < 4.78 is 92.4. The lowest BCUT2D eigenvalue weighted by atomic mass is 9.94. The van der Waals surface area contributed by atoms with E-state index in [1.165, 1.54) is 24.4 Å². The lowest BCUT2D eigenvalue weighted by molar-refractivity contribution is 0.108. The third-order valence-electron chi connectivity index (χ3n) is 10.5. The average Bonchev–Trinajstić information content (AvgIpc) is 3.73. The third-order valence-corrected chi connectivity index (χ3v) is 10.5. The highest BCUT2D eigenvalue weighted by atomic mass is 19.3. The standard InChI is InChI=1S/C36H30F6N6O2/c1-2-23-26(37)5-4-19-10-22(49)11-24(28(19)23)30-29(40)31-25(14-43-30)33(47-16-21-6-8-35(17-47,46-21)13-27(38)39)45-34(44-31)50-18-36-7-3-9-48(36)15-20(12-36)32(41)42/h1,4-5,10-11,13-14,21,46,49H,3,6-9,12,15-18H2. The van der Waals surface area contributed by atoms with E-state index in [0.717, 1.165) is 18.6 Å². The van der Waals surface area contributed by atoms with E-state index in [1.807, 2.05) is 4.90 Å². The normalized spacial score (nSPS) is 24.5. The molecule has 2 bridgehead atoms. The van der Waals surface area contributed by atoms with Crippen molar-refractivity contribution in [3.05, 3.63) is 71.5 Å². The summed E-state index contributed by atoms with van der Waals surface area (Å²) in [6.45, 7) is 1.15. The van der Waals surface area contributed by atoms with Crippen molar-refractivity contribution in [2.45, 2.75) is 49.2 Å². The van der Waals surface area contributed by atoms with Crippen LogP contribution in [0.4, 0.5) is 32.2 Å². The molecule has 0 saturated carbocycles. The number of benzene rings is 2. The Kier molecular flexibility index (Phi) is 7.68. The number of nitrogens with one attached hydrogen (secondary N) is 1. The molecule has 0 aliphatic carbocycles. The van der Waals surface area contributed by atoms with Crippen molar-refractivity contribution < 1.29 is 36.2 Å². The molecule has 258 valence electrons. The highest BCUT2D eigenvalue weighted by Gasteiger charge is 2.49. The van der Waals surface area contributed by atoms with Crippen LogP contribution in [0.5, 0.6) is 11.8 Å². The number of halogens is 6. The SMILES string of the molecule is C#Cc1c(F)ccc2cc(O)cc(-c3ncc4c(N5CC6CCC(C=C(F)F)(C5)N6)nc(OCC56CCCN5CC(=C(F)F)C6)nc4c3F)c12. The van der Waals surface area contributed by atoms with Crippen LogP contribution in [0.3, 0.4) is 0 Å². The molecular weight excluding hydrogens is 662 g/mol. The van der Waals surface area contributed by atoms with Crippen LogP contribution in [-0.2, 0) is 0 Å². The molecule has 14 heteroatoms. The number of pyridine rings is 1. The molecule has 0 radical (unpaired) electrons. The van der Waals surface area contributed by atoms with E-state index in [2.05, 4.69) is 26.2 Å². The van der Waals surface area contributed by atoms with Gasteiger partial charge in [-0.1, -0.05) is 12.0 Å². The Labute approximate surface area is 282 Å². The molecule has 8 rings (SSSR count). The largest absolute Gasteiger partial charge is 0.508 e. The molecule has 2 N–H and O–H groups in total. The first kappa shape index (κ1) is 32.3. The molecule has 3 unspecified atom stereocenters. The fraction of sp³-hybridized carbons (Fsp3) is 0.361. The molecule has 0 amide bonds. The number of piperazine rings is 1. The molecule has 2 aromatic carbocycles. The zero-order valence-electron chi connectivity index (χ0n) is 26.5. The number of aromatic hydroxyl groups is 1. The molecule has 4 aliphatic heterocycles. The summed E-state index contributed by atoms with van der Waals surface area (Å²) in [6.07, 6.45) is 6.94. The van der Waals surface area contributed by atoms with Gasteiger partial charge in [0.2, 0.25) is 0 Å². The first-order valence-electron chi connectivity index (χ1n) is 16.2. The van der Waals surface area contributed by atoms with Crippen LogP contribution in [0.1, 0.15) is 37.7 Å². The van der Waals surface area contributed by atoms with Gasteiger partial charge in [-0.25, -0.2) is 8.78 Å². The van der Waals surface area contributed by atoms with E-state index in [4.69, 9.17) is 11.2 Å². The number of aromatic nitrogens is 3. The Morgan fingerprint density at radius 3 is 2.78 bits per heavy atom. The number of nitrogens with zero attached hydrogens (tertiary/aromatic N) is 5. The second kappa shape index (κ2) is 11.9. The number of terminal acetylenes is 1. The number of fused-ring (bicyclic) bond motifs is 5. The number of phenolic OH excluding ortho intramolecular Hbond substituents is 1. The summed E-state index contributed by atoms with van der Waals surface area (Å²) in [5.41, 5.74) is -2.33. The number of phenols is 1. The number of hydrogen-bond donors (Lipinski definition) is 2. The maximum Gasteiger partial charge on any atom is 0.319 e. The van der Waals surface area contributed by atoms with Crippen LogP contribution in [0.2, 0.25) is 0 Å². The summed E-state index contributed by atoms with van der Waals surface area (Å²) in [5.74, 6) is 0.620. The van der Waals surface area contributed by atoms with Gasteiger partial charge in [-0.3, -0.25) is 9.88 Å². The molecule has 2 aromatic heterocycles. The Morgan fingerprint density at radius 2 is 2.00 bits per heavy atom. The maximum absolute atomic E-state index is 16.9. The van der Waals surface area contributed by atoms with Crippen molar-refractivity contribution in [3.63, 3.8) is 0 Å². The van der Waals surface area contributed by atoms with Gasteiger partial charge in [0, 0.05) is 54.5 Å². The van der Waals surface area contributed by atoms with Crippen LogP contribution < -0.4 is 15.0 Å². The maximum atomic E-state index is 16.9. The van der Waals surface area contributed by atoms with Gasteiger partial charge >= 0.3 is 6.01 Å². The summed E-state index contributed by atoms with van der Waals surface area (Å²) in [4.78, 5) is 17.2. The second-order valence-electron chi connectivity index (χ2n) is 13.6. The van der Waals surface area contributed by atoms with Crippen LogP contribution in [0.15, 0.2) is 54.3 Å². The fourth-order valence-electron chi connectivity index (χ4n) is 8.38. The zero-order chi connectivity index (χ0) is 34.9. The number of anilines is 1. The molecule has 4 aromatic rings. The summed E-state index contributed by atoms with van der Waals surface area (Å²) >= 11 is 0. The number of hydrogen-bond acceptors (Lipinski definition) is 8. The van der Waals surface area contributed by atoms with Crippen molar-refractivity contribution in [2.24, 2.45) is 0 Å². The van der Waals surface area contributed by atoms with Crippen molar-refractivity contribution in [1.29, 1.82) is 0 Å². The summed E-state index contributed by atoms with van der Waals surface area (Å²) in [6, 6.07) is 4.78. The monoisotopic (exact) mass is 692 g/mol. The van der Waals surface area contributed by atoms with E-state index in [0.29, 0.717) is 37.7 Å². The van der Waals surface area contributed by atoms with Gasteiger partial charge in [0.15, 0.2) is 5.82 Å². The average molecular weight is 693 g/mol. The quantitative estimate of drug-likeness (QED) is 0.171. The smallest absolute Gasteiger partial charge is 0.319 e. The molecule has 4 fully saturated rings. The molecule has 3 atom stereocenters. The van der Waals surface area contributed by atoms with Crippen molar-refractivity contribution >= 4 is 27.5 Å². The molecule has 0 spiro atoms. The lowest BCUT2D eigenvalue weighted by Gasteiger charge is -2.40. The highest BCUT2D eigenvalue weighted by molar-refractivity contribution is 6.03. The van der Waals surface area contributed by atoms with Gasteiger partial charge in [-0.2, -0.15) is 27.5 Å². The molecule has 6 heterocycles. The Hall–Kier alpha value is -4.87. The van der Waals surface area contributed by atoms with Crippen LogP contribution >= 0.6 is 0 Å². The summed E-state index contributed by atoms with van der Waals surface area (Å²) in [5, 5.41) is 14.5. The Morgan fingerprint density at radius 1 is 1.16 bits per heavy atom. The van der Waals surface area contributed by atoms with Gasteiger partial charge in [-0.15, -0.1) is 6.42 Å². The third kappa shape index (κ3) is 5.30. The minimum absolute atomic E-state index is 0.0243. The van der Waals surface area contributed by atoms with Gasteiger partial charge < -0.3 is 20.1 Å². The second-order valence-corrected chi connectivity index (χ2v) is 13.6. The van der Waals surface area contributed by atoms with E-state index < -0.39 is 34.9 Å². The molecular formula is C36H30F6N6O2. The highest BCUT2D eigenvalue weighted by Crippen LogP contribution is 2.44. The van der Waals surface area contributed by atoms with Crippen LogP contribution in [0, 0.1) is 24.0 Å². The fourth-order valence-corrected chi connectivity index (χ4v) is 8.38. The van der Waals surface area contributed by atoms with Gasteiger partial charge in [0.1, 0.15) is 35.2 Å². The predicted octanol–water partition coefficient (Wildman–Crippen LogP) is 6.67. The van der Waals surface area contributed by atoms with Crippen LogP contribution in [-0.4, -0.2) is 74.9 Å². The van der Waals surface area contributed by atoms with E-state index in [1.54, 1.807) is 4.90 Å². The van der Waals surface area contributed by atoms with Crippen molar-refractivity contribution in [3.8, 4) is 35.4 Å². The van der Waals surface area contributed by atoms with E-state index >= 15 is 4.39 Å².